The van der Waals surface area contributed by atoms with E-state index in [9.17, 15) is 14.4 Å². The van der Waals surface area contributed by atoms with Crippen molar-refractivity contribution >= 4 is 17.9 Å². The second kappa shape index (κ2) is 47.5. The predicted octanol–water partition coefficient (Wildman–Crippen LogP) is 17.1. The molecule has 0 spiro atoms. The van der Waals surface area contributed by atoms with E-state index in [1.54, 1.807) is 0 Å². The molecule has 0 radical (unpaired) electrons. The highest BCUT2D eigenvalue weighted by Gasteiger charge is 2.19. The lowest BCUT2D eigenvalue weighted by molar-refractivity contribution is -0.167. The van der Waals surface area contributed by atoms with Crippen molar-refractivity contribution < 1.29 is 28.6 Å². The van der Waals surface area contributed by atoms with Gasteiger partial charge in [-0.15, -0.1) is 0 Å². The van der Waals surface area contributed by atoms with Gasteiger partial charge in [0, 0.05) is 19.3 Å². The highest BCUT2D eigenvalue weighted by molar-refractivity contribution is 5.71. The molecule has 0 N–H and O–H groups in total. The van der Waals surface area contributed by atoms with Gasteiger partial charge in [-0.05, 0) is 25.2 Å². The van der Waals surface area contributed by atoms with Gasteiger partial charge < -0.3 is 14.2 Å². The Morgan fingerprint density at radius 2 is 0.559 bits per heavy atom. The maximum Gasteiger partial charge on any atom is 0.306 e. The third kappa shape index (κ3) is 47.3. The Hall–Kier alpha value is -1.59. The van der Waals surface area contributed by atoms with Crippen LogP contribution < -0.4 is 0 Å². The Morgan fingerprint density at radius 1 is 0.322 bits per heavy atom. The minimum Gasteiger partial charge on any atom is -0.462 e. The Bertz CT molecular complexity index is 887. The number of carbonyl (C=O) groups is 3. The molecule has 0 unspecified atom stereocenters. The van der Waals surface area contributed by atoms with Crippen molar-refractivity contribution in [2.24, 2.45) is 5.92 Å². The highest BCUT2D eigenvalue weighted by atomic mass is 16.6. The first-order valence-corrected chi connectivity index (χ1v) is 26.4. The molecule has 0 aliphatic carbocycles. The first-order valence-electron chi connectivity index (χ1n) is 26.4. The van der Waals surface area contributed by atoms with Gasteiger partial charge in [0.1, 0.15) is 13.2 Å². The number of carbonyl (C=O) groups excluding carboxylic acids is 3. The first-order chi connectivity index (χ1) is 28.9. The van der Waals surface area contributed by atoms with E-state index < -0.39 is 6.10 Å². The van der Waals surface area contributed by atoms with Crippen molar-refractivity contribution in [1.29, 1.82) is 0 Å². The van der Waals surface area contributed by atoms with Crippen LogP contribution in [0.2, 0.25) is 0 Å². The zero-order valence-electron chi connectivity index (χ0n) is 40.2. The zero-order chi connectivity index (χ0) is 43.1. The molecule has 350 valence electrons. The Balaban J connectivity index is 4.29. The Labute approximate surface area is 368 Å². The van der Waals surface area contributed by atoms with E-state index in [1.807, 2.05) is 0 Å². The lowest BCUT2D eigenvalue weighted by Gasteiger charge is -2.18. The van der Waals surface area contributed by atoms with Gasteiger partial charge in [0.25, 0.3) is 0 Å². The monoisotopic (exact) mass is 835 g/mol. The van der Waals surface area contributed by atoms with Crippen molar-refractivity contribution in [2.75, 3.05) is 13.2 Å². The lowest BCUT2D eigenvalue weighted by atomic mass is 10.0. The van der Waals surface area contributed by atoms with Gasteiger partial charge in [-0.1, -0.05) is 259 Å². The number of esters is 3. The summed E-state index contributed by atoms with van der Waals surface area (Å²) in [5, 5.41) is 0. The lowest BCUT2D eigenvalue weighted by Crippen LogP contribution is -2.30. The second-order valence-electron chi connectivity index (χ2n) is 18.6. The van der Waals surface area contributed by atoms with Crippen LogP contribution in [-0.4, -0.2) is 37.2 Å². The summed E-state index contributed by atoms with van der Waals surface area (Å²) < 4.78 is 16.8. The highest BCUT2D eigenvalue weighted by Crippen LogP contribution is 2.17. The summed E-state index contributed by atoms with van der Waals surface area (Å²) in [6, 6.07) is 0. The standard InChI is InChI=1S/C53H102O6/c1-5-7-9-11-13-15-17-20-26-30-34-38-42-46-53(56)59-50(47-57-51(54)44-40-36-32-28-24-18-16-14-12-10-8-6-2)48-58-52(55)45-41-37-33-29-25-22-19-21-23-27-31-35-39-43-49(3)4/h49-50H,5-48H2,1-4H3/t50-/m1/s1. The number of rotatable bonds is 48. The van der Waals surface area contributed by atoms with Gasteiger partial charge in [0.15, 0.2) is 6.10 Å². The van der Waals surface area contributed by atoms with Crippen LogP contribution in [0.1, 0.15) is 297 Å². The molecule has 0 heterocycles. The molecule has 59 heavy (non-hydrogen) atoms. The van der Waals surface area contributed by atoms with Crippen LogP contribution in [0.25, 0.3) is 0 Å². The summed E-state index contributed by atoms with van der Waals surface area (Å²) in [5.74, 6) is -0.00258. The molecule has 0 saturated carbocycles. The van der Waals surface area contributed by atoms with Crippen LogP contribution in [0.3, 0.4) is 0 Å². The molecule has 0 amide bonds. The van der Waals surface area contributed by atoms with E-state index in [4.69, 9.17) is 14.2 Å². The summed E-state index contributed by atoms with van der Waals surface area (Å²) in [6.07, 6.45) is 49.4. The molecule has 6 heteroatoms. The molecule has 1 atom stereocenters. The maximum absolute atomic E-state index is 12.8. The third-order valence-corrected chi connectivity index (χ3v) is 12.0. The molecule has 0 saturated heterocycles. The molecule has 0 fully saturated rings. The van der Waals surface area contributed by atoms with E-state index in [2.05, 4.69) is 27.7 Å². The summed E-state index contributed by atoms with van der Waals surface area (Å²) in [7, 11) is 0. The Morgan fingerprint density at radius 3 is 0.831 bits per heavy atom. The zero-order valence-corrected chi connectivity index (χ0v) is 40.2. The average molecular weight is 835 g/mol. The van der Waals surface area contributed by atoms with Crippen LogP contribution in [0, 0.1) is 5.92 Å². The minimum atomic E-state index is -0.760. The van der Waals surface area contributed by atoms with Crippen molar-refractivity contribution in [3.63, 3.8) is 0 Å². The average Bonchev–Trinajstić information content (AvgIpc) is 3.22. The van der Waals surface area contributed by atoms with Crippen LogP contribution in [0.4, 0.5) is 0 Å². The fourth-order valence-electron chi connectivity index (χ4n) is 8.04. The van der Waals surface area contributed by atoms with Gasteiger partial charge in [-0.25, -0.2) is 0 Å². The van der Waals surface area contributed by atoms with Crippen LogP contribution in [0.5, 0.6) is 0 Å². The summed E-state index contributed by atoms with van der Waals surface area (Å²) in [5.41, 5.74) is 0. The first kappa shape index (κ1) is 57.4. The molecular formula is C53H102O6. The molecule has 0 bridgehead atoms. The fourth-order valence-corrected chi connectivity index (χ4v) is 8.04. The summed E-state index contributed by atoms with van der Waals surface area (Å²) in [6.45, 7) is 9.03. The van der Waals surface area contributed by atoms with Crippen molar-refractivity contribution in [3.05, 3.63) is 0 Å². The van der Waals surface area contributed by atoms with E-state index in [0.29, 0.717) is 19.3 Å². The topological polar surface area (TPSA) is 78.9 Å². The van der Waals surface area contributed by atoms with E-state index >= 15 is 0 Å². The van der Waals surface area contributed by atoms with Crippen LogP contribution in [0.15, 0.2) is 0 Å². The molecule has 0 aromatic rings. The van der Waals surface area contributed by atoms with Gasteiger partial charge in [0.05, 0.1) is 0 Å². The van der Waals surface area contributed by atoms with E-state index in [-0.39, 0.29) is 31.1 Å². The fraction of sp³-hybridized carbons (Fsp3) is 0.943. The van der Waals surface area contributed by atoms with E-state index in [0.717, 1.165) is 63.7 Å². The summed E-state index contributed by atoms with van der Waals surface area (Å²) >= 11 is 0. The van der Waals surface area contributed by atoms with Crippen molar-refractivity contribution in [2.45, 2.75) is 303 Å². The second-order valence-corrected chi connectivity index (χ2v) is 18.6. The van der Waals surface area contributed by atoms with Crippen LogP contribution in [-0.2, 0) is 28.6 Å². The quantitative estimate of drug-likeness (QED) is 0.0345. The minimum absolute atomic E-state index is 0.0625. The number of hydrogen-bond acceptors (Lipinski definition) is 6. The third-order valence-electron chi connectivity index (χ3n) is 12.0. The molecule has 0 aromatic carbocycles. The number of unbranched alkanes of at least 4 members (excludes halogenated alkanes) is 35. The van der Waals surface area contributed by atoms with Gasteiger partial charge >= 0.3 is 17.9 Å². The molecule has 0 aliphatic heterocycles. The van der Waals surface area contributed by atoms with Gasteiger partial charge in [-0.2, -0.15) is 0 Å². The van der Waals surface area contributed by atoms with E-state index in [1.165, 1.54) is 193 Å². The summed E-state index contributed by atoms with van der Waals surface area (Å²) in [4.78, 5) is 37.9. The molecular weight excluding hydrogens is 733 g/mol. The van der Waals surface area contributed by atoms with Gasteiger partial charge in [0.2, 0.25) is 0 Å². The van der Waals surface area contributed by atoms with Crippen molar-refractivity contribution in [3.8, 4) is 0 Å². The largest absolute Gasteiger partial charge is 0.462 e. The van der Waals surface area contributed by atoms with Crippen molar-refractivity contribution in [1.82, 2.24) is 0 Å². The van der Waals surface area contributed by atoms with Gasteiger partial charge in [-0.3, -0.25) is 14.4 Å². The number of hydrogen-bond donors (Lipinski definition) is 0. The molecule has 0 aromatic heterocycles. The maximum atomic E-state index is 12.8. The number of ether oxygens (including phenoxy) is 3. The Kier molecular flexibility index (Phi) is 46.2. The molecule has 0 rings (SSSR count). The normalized spacial score (nSPS) is 11.9. The smallest absolute Gasteiger partial charge is 0.306 e. The predicted molar refractivity (Wildman–Crippen MR) is 252 cm³/mol. The van der Waals surface area contributed by atoms with Crippen LogP contribution >= 0.6 is 0 Å². The molecule has 0 aliphatic rings. The molecule has 6 nitrogen and oxygen atoms in total. The SMILES string of the molecule is CCCCCCCCCCCCCCCC(=O)O[C@H](COC(=O)CCCCCCCCCCCCCC)COC(=O)CCCCCCCCCCCCCCCC(C)C.